The molecule has 0 bridgehead atoms. The third-order valence-electron chi connectivity index (χ3n) is 13.6. The minimum absolute atomic E-state index is 0.0304. The van der Waals surface area contributed by atoms with Crippen LogP contribution >= 0.6 is 0 Å². The number of aliphatic hydroxyl groups is 2. The van der Waals surface area contributed by atoms with E-state index in [1.165, 1.54) is 12.8 Å². The fourth-order valence-electron chi connectivity index (χ4n) is 11.5. The van der Waals surface area contributed by atoms with E-state index in [1.54, 1.807) is 0 Å². The van der Waals surface area contributed by atoms with E-state index >= 15 is 0 Å². The van der Waals surface area contributed by atoms with Crippen LogP contribution in [0.15, 0.2) is 12.2 Å². The molecule has 0 radical (unpaired) electrons. The van der Waals surface area contributed by atoms with Crippen LogP contribution in [0.2, 0.25) is 0 Å². The lowest BCUT2D eigenvalue weighted by Crippen LogP contribution is -2.67. The van der Waals surface area contributed by atoms with E-state index in [9.17, 15) is 20.1 Å². The summed E-state index contributed by atoms with van der Waals surface area (Å²) in [5.41, 5.74) is 0.669. The summed E-state index contributed by atoms with van der Waals surface area (Å²) in [4.78, 5) is 12.8. The average molecular weight is 473 g/mol. The molecular weight excluding hydrogens is 424 g/mol. The number of carboxylic acids is 1. The Labute approximate surface area is 206 Å². The molecule has 0 aromatic rings. The first kappa shape index (κ1) is 24.8. The van der Waals surface area contributed by atoms with E-state index in [1.807, 2.05) is 0 Å². The van der Waals surface area contributed by atoms with E-state index in [0.29, 0.717) is 17.8 Å². The SMILES string of the molecule is C=C(CO)[C@@H]1CC[C@]2(C(=O)O)CC[C@]3(C)C(CCC4[C@@]5(C)CC[C@H](O)C(C)(C)C5CC[C@]43C)C12. The van der Waals surface area contributed by atoms with Crippen molar-refractivity contribution in [1.29, 1.82) is 0 Å². The van der Waals surface area contributed by atoms with Crippen molar-refractivity contribution in [3.05, 3.63) is 12.2 Å². The van der Waals surface area contributed by atoms with Crippen molar-refractivity contribution in [3.63, 3.8) is 0 Å². The largest absolute Gasteiger partial charge is 0.481 e. The Morgan fingerprint density at radius 2 is 1.56 bits per heavy atom. The summed E-state index contributed by atoms with van der Waals surface area (Å²) in [6, 6.07) is 0. The molecule has 0 heterocycles. The van der Waals surface area contributed by atoms with Gasteiger partial charge in [-0.05, 0) is 121 Å². The molecule has 192 valence electrons. The Bertz CT molecular complexity index is 879. The van der Waals surface area contributed by atoms with Gasteiger partial charge in [0.15, 0.2) is 0 Å². The van der Waals surface area contributed by atoms with Gasteiger partial charge in [0, 0.05) is 0 Å². The zero-order valence-electron chi connectivity index (χ0n) is 22.2. The van der Waals surface area contributed by atoms with Crippen LogP contribution in [0.1, 0.15) is 98.8 Å². The molecule has 4 nitrogen and oxygen atoms in total. The minimum Gasteiger partial charge on any atom is -0.481 e. The first-order valence-electron chi connectivity index (χ1n) is 14.0. The van der Waals surface area contributed by atoms with E-state index in [0.717, 1.165) is 56.9 Å². The first-order chi connectivity index (χ1) is 15.8. The van der Waals surface area contributed by atoms with Crippen LogP contribution in [-0.4, -0.2) is 34.0 Å². The molecule has 5 aliphatic rings. The molecule has 10 atom stereocenters. The van der Waals surface area contributed by atoms with Crippen molar-refractivity contribution in [2.75, 3.05) is 6.61 Å². The number of fused-ring (bicyclic) bond motifs is 7. The van der Waals surface area contributed by atoms with Crippen LogP contribution in [-0.2, 0) is 4.79 Å². The minimum atomic E-state index is -0.645. The van der Waals surface area contributed by atoms with E-state index in [2.05, 4.69) is 41.2 Å². The molecule has 34 heavy (non-hydrogen) atoms. The maximum absolute atomic E-state index is 12.8. The second-order valence-electron chi connectivity index (χ2n) is 14.5. The maximum Gasteiger partial charge on any atom is 0.309 e. The molecule has 0 amide bonds. The van der Waals surface area contributed by atoms with Crippen molar-refractivity contribution >= 4 is 5.97 Å². The van der Waals surface area contributed by atoms with Gasteiger partial charge in [0.25, 0.3) is 0 Å². The third kappa shape index (κ3) is 2.82. The van der Waals surface area contributed by atoms with Gasteiger partial charge in [-0.15, -0.1) is 0 Å². The van der Waals surface area contributed by atoms with Crippen molar-refractivity contribution in [1.82, 2.24) is 0 Å². The Kier molecular flexibility index (Phi) is 5.52. The summed E-state index contributed by atoms with van der Waals surface area (Å²) in [6.45, 7) is 16.4. The highest BCUT2D eigenvalue weighted by molar-refractivity contribution is 5.76. The van der Waals surface area contributed by atoms with E-state index in [-0.39, 0.29) is 46.2 Å². The highest BCUT2D eigenvalue weighted by Crippen LogP contribution is 2.77. The van der Waals surface area contributed by atoms with Crippen molar-refractivity contribution in [3.8, 4) is 0 Å². The average Bonchev–Trinajstić information content (AvgIpc) is 3.18. The lowest BCUT2D eigenvalue weighted by Gasteiger charge is -2.72. The van der Waals surface area contributed by atoms with Crippen LogP contribution in [0.25, 0.3) is 0 Å². The number of carbonyl (C=O) groups is 1. The van der Waals surface area contributed by atoms with E-state index < -0.39 is 11.4 Å². The lowest BCUT2D eigenvalue weighted by atomic mass is 9.32. The normalized spacial score (nSPS) is 53.7. The summed E-state index contributed by atoms with van der Waals surface area (Å²) < 4.78 is 0. The predicted molar refractivity (Wildman–Crippen MR) is 134 cm³/mol. The topological polar surface area (TPSA) is 77.8 Å². The Hall–Kier alpha value is -0.870. The van der Waals surface area contributed by atoms with Gasteiger partial charge in [-0.3, -0.25) is 4.79 Å². The Balaban J connectivity index is 1.56. The molecular formula is C30H48O4. The summed E-state index contributed by atoms with van der Waals surface area (Å²) in [5.74, 6) is 1.13. The molecule has 0 saturated heterocycles. The third-order valence-corrected chi connectivity index (χ3v) is 13.6. The molecule has 4 heteroatoms. The molecule has 5 rings (SSSR count). The molecule has 0 aliphatic heterocycles. The summed E-state index contributed by atoms with van der Waals surface area (Å²) >= 11 is 0. The number of aliphatic carboxylic acids is 1. The standard InChI is InChI=1S/C30H48O4/c1-18(17-31)19-9-14-30(25(33)34)16-15-28(5)20(24(19)30)7-8-22-27(4)12-11-23(32)26(2,3)21(27)10-13-29(22,28)6/h19-24,31-32H,1,7-17H2,2-6H3,(H,33,34)/t19-,20?,21?,22?,23-,24?,27-,28+,29+,30-/m0/s1. The first-order valence-corrected chi connectivity index (χ1v) is 14.0. The van der Waals surface area contributed by atoms with Crippen LogP contribution in [0.4, 0.5) is 0 Å². The van der Waals surface area contributed by atoms with Gasteiger partial charge in [-0.1, -0.05) is 41.2 Å². The van der Waals surface area contributed by atoms with Crippen LogP contribution < -0.4 is 0 Å². The number of carboxylic acid groups (broad SMARTS) is 1. The highest BCUT2D eigenvalue weighted by atomic mass is 16.4. The monoisotopic (exact) mass is 472 g/mol. The molecule has 3 N–H and O–H groups in total. The molecule has 0 spiro atoms. The number of rotatable bonds is 3. The number of aliphatic hydroxyl groups excluding tert-OH is 2. The zero-order chi connectivity index (χ0) is 24.9. The molecule has 0 aromatic heterocycles. The second kappa shape index (κ2) is 7.57. The smallest absolute Gasteiger partial charge is 0.309 e. The Morgan fingerprint density at radius 1 is 0.853 bits per heavy atom. The Morgan fingerprint density at radius 3 is 2.21 bits per heavy atom. The second-order valence-corrected chi connectivity index (χ2v) is 14.5. The van der Waals surface area contributed by atoms with E-state index in [4.69, 9.17) is 0 Å². The van der Waals surface area contributed by atoms with Crippen molar-refractivity contribution in [2.24, 2.45) is 56.7 Å². The van der Waals surface area contributed by atoms with Crippen molar-refractivity contribution < 1.29 is 20.1 Å². The number of hydrogen-bond donors (Lipinski definition) is 3. The number of hydrogen-bond acceptors (Lipinski definition) is 3. The summed E-state index contributed by atoms with van der Waals surface area (Å²) in [5, 5.41) is 31.4. The maximum atomic E-state index is 12.8. The molecule has 5 aliphatic carbocycles. The molecule has 0 aromatic carbocycles. The van der Waals surface area contributed by atoms with Gasteiger partial charge < -0.3 is 15.3 Å². The highest BCUT2D eigenvalue weighted by Gasteiger charge is 2.72. The zero-order valence-corrected chi connectivity index (χ0v) is 22.2. The predicted octanol–water partition coefficient (Wildman–Crippen LogP) is 6.06. The van der Waals surface area contributed by atoms with Gasteiger partial charge >= 0.3 is 5.97 Å². The fourth-order valence-corrected chi connectivity index (χ4v) is 11.5. The molecule has 5 saturated carbocycles. The summed E-state index contributed by atoms with van der Waals surface area (Å²) in [7, 11) is 0. The van der Waals surface area contributed by atoms with Crippen LogP contribution in [0.5, 0.6) is 0 Å². The van der Waals surface area contributed by atoms with Gasteiger partial charge in [0.2, 0.25) is 0 Å². The van der Waals surface area contributed by atoms with Crippen molar-refractivity contribution in [2.45, 2.75) is 105 Å². The quantitative estimate of drug-likeness (QED) is 0.436. The molecule has 5 fully saturated rings. The van der Waals surface area contributed by atoms with Gasteiger partial charge in [-0.2, -0.15) is 0 Å². The van der Waals surface area contributed by atoms with Gasteiger partial charge in [-0.25, -0.2) is 0 Å². The van der Waals surface area contributed by atoms with Crippen LogP contribution in [0.3, 0.4) is 0 Å². The molecule has 4 unspecified atom stereocenters. The summed E-state index contributed by atoms with van der Waals surface area (Å²) in [6.07, 6.45) is 9.75. The van der Waals surface area contributed by atoms with Gasteiger partial charge in [0.05, 0.1) is 18.1 Å². The van der Waals surface area contributed by atoms with Crippen LogP contribution in [0, 0.1) is 56.7 Å². The fraction of sp³-hybridized carbons (Fsp3) is 0.900. The lowest BCUT2D eigenvalue weighted by molar-refractivity contribution is -0.248. The van der Waals surface area contributed by atoms with Gasteiger partial charge in [0.1, 0.15) is 0 Å².